The van der Waals surface area contributed by atoms with Crippen LogP contribution in [0.2, 0.25) is 5.02 Å². The number of methoxy groups -OCH3 is 1. The van der Waals surface area contributed by atoms with Crippen LogP contribution in [0.3, 0.4) is 0 Å². The monoisotopic (exact) mass is 519 g/mol. The molecular weight excluding hydrogens is 502 g/mol. The molecule has 0 spiro atoms. The van der Waals surface area contributed by atoms with E-state index in [0.29, 0.717) is 27.6 Å². The number of hydrogen-bond acceptors (Lipinski definition) is 9. The molecule has 4 rings (SSSR count). The Morgan fingerprint density at radius 2 is 1.91 bits per heavy atom. The van der Waals surface area contributed by atoms with Crippen LogP contribution in [0.4, 0.5) is 4.79 Å². The zero-order chi connectivity index (χ0) is 25.3. The number of aromatic amines is 1. The smallest absolute Gasteiger partial charge is 0.338 e. The molecule has 15 heteroatoms. The van der Waals surface area contributed by atoms with Crippen molar-refractivity contribution in [2.24, 2.45) is 10.9 Å². The summed E-state index contributed by atoms with van der Waals surface area (Å²) in [7, 11) is -2.41. The molecule has 0 saturated heterocycles. The number of benzene rings is 2. The first kappa shape index (κ1) is 24.2. The third kappa shape index (κ3) is 4.95. The lowest BCUT2D eigenvalue weighted by molar-refractivity contribution is -0.0478. The number of primary sulfonamides is 1. The van der Waals surface area contributed by atoms with Crippen molar-refractivity contribution < 1.29 is 27.6 Å². The quantitative estimate of drug-likeness (QED) is 0.208. The number of carbonyl (C=O) groups excluding carboxylic acids is 1. The minimum absolute atomic E-state index is 0.0235. The van der Waals surface area contributed by atoms with Gasteiger partial charge in [0.15, 0.2) is 5.76 Å². The summed E-state index contributed by atoms with van der Waals surface area (Å²) in [5, 5.41) is 25.6. The van der Waals surface area contributed by atoms with Crippen LogP contribution in [-0.4, -0.2) is 52.2 Å². The van der Waals surface area contributed by atoms with Gasteiger partial charge in [0, 0.05) is 11.1 Å². The normalized spacial score (nSPS) is 11.4. The van der Waals surface area contributed by atoms with Crippen molar-refractivity contribution >= 4 is 27.7 Å². The molecule has 0 saturated carbocycles. The molecular formula is C20H18ClN7O6S. The fourth-order valence-corrected chi connectivity index (χ4v) is 3.95. The number of halogens is 1. The number of nitrogens with one attached hydrogen (secondary N) is 1. The molecule has 0 unspecified atom stereocenters. The summed E-state index contributed by atoms with van der Waals surface area (Å²) in [4.78, 5) is 15.7. The van der Waals surface area contributed by atoms with Gasteiger partial charge in [0.05, 0.1) is 23.6 Å². The number of primary amides is 1. The molecule has 35 heavy (non-hydrogen) atoms. The number of hydrogen-bond donors (Lipinski definition) is 4. The third-order valence-electron chi connectivity index (χ3n) is 4.89. The molecule has 13 nitrogen and oxygen atoms in total. The van der Waals surface area contributed by atoms with Gasteiger partial charge in [-0.3, -0.25) is 10.3 Å². The maximum atomic E-state index is 11.6. The fraction of sp³-hybridized carbons (Fsp3) is 0.100. The van der Waals surface area contributed by atoms with Crippen LogP contribution in [0.15, 0.2) is 51.8 Å². The molecule has 2 heterocycles. The van der Waals surface area contributed by atoms with Gasteiger partial charge in [0.1, 0.15) is 22.8 Å². The van der Waals surface area contributed by atoms with Crippen molar-refractivity contribution in [3.63, 3.8) is 0 Å². The van der Waals surface area contributed by atoms with Crippen molar-refractivity contribution in [1.82, 2.24) is 25.5 Å². The van der Waals surface area contributed by atoms with E-state index in [1.807, 2.05) is 0 Å². The zero-order valence-electron chi connectivity index (χ0n) is 18.0. The van der Waals surface area contributed by atoms with Gasteiger partial charge in [-0.1, -0.05) is 16.8 Å². The number of nitrogens with zero attached hydrogens (tertiary/aromatic N) is 4. The summed E-state index contributed by atoms with van der Waals surface area (Å²) < 4.78 is 34.5. The summed E-state index contributed by atoms with van der Waals surface area (Å²) >= 11 is 6.30. The summed E-state index contributed by atoms with van der Waals surface area (Å²) in [5.41, 5.74) is 6.77. The number of amides is 2. The maximum Gasteiger partial charge on any atom is 0.338 e. The lowest BCUT2D eigenvalue weighted by Gasteiger charge is -2.09. The van der Waals surface area contributed by atoms with Gasteiger partial charge in [-0.25, -0.2) is 28.4 Å². The van der Waals surface area contributed by atoms with E-state index in [1.54, 1.807) is 18.2 Å². The van der Waals surface area contributed by atoms with Crippen molar-refractivity contribution in [2.75, 3.05) is 7.11 Å². The van der Waals surface area contributed by atoms with Crippen molar-refractivity contribution in [3.8, 4) is 39.9 Å². The molecule has 0 fully saturated rings. The minimum atomic E-state index is -3.90. The number of hydroxylamine groups is 2. The molecule has 2 amide bonds. The Kier molecular flexibility index (Phi) is 6.45. The van der Waals surface area contributed by atoms with Gasteiger partial charge in [0.2, 0.25) is 15.9 Å². The molecule has 6 N–H and O–H groups in total. The van der Waals surface area contributed by atoms with E-state index in [0.717, 1.165) is 0 Å². The molecule has 0 atom stereocenters. The van der Waals surface area contributed by atoms with Crippen LogP contribution >= 0.6 is 11.6 Å². The second-order valence-corrected chi connectivity index (χ2v) is 9.11. The Balaban J connectivity index is 1.85. The average Bonchev–Trinajstić information content (AvgIpc) is 3.45. The summed E-state index contributed by atoms with van der Waals surface area (Å²) in [6, 6.07) is 9.58. The summed E-state index contributed by atoms with van der Waals surface area (Å²) in [5.74, 6) is 0.738. The molecule has 2 aromatic heterocycles. The van der Waals surface area contributed by atoms with Gasteiger partial charge < -0.3 is 14.9 Å². The number of nitrogens with two attached hydrogens (primary N) is 2. The number of sulfonamides is 1. The van der Waals surface area contributed by atoms with E-state index in [-0.39, 0.29) is 39.5 Å². The van der Waals surface area contributed by atoms with Gasteiger partial charge in [-0.15, -0.1) is 5.10 Å². The van der Waals surface area contributed by atoms with Crippen LogP contribution in [-0.2, 0) is 16.6 Å². The molecule has 0 bridgehead atoms. The van der Waals surface area contributed by atoms with E-state index < -0.39 is 16.1 Å². The third-order valence-corrected chi connectivity index (χ3v) is 6.11. The molecule has 2 aromatic carbocycles. The van der Waals surface area contributed by atoms with Gasteiger partial charge in [0.25, 0.3) is 0 Å². The minimum Gasteiger partial charge on any atom is -0.495 e. The molecule has 4 aromatic rings. The largest absolute Gasteiger partial charge is 0.495 e. The molecule has 0 aliphatic heterocycles. The average molecular weight is 520 g/mol. The number of oxazole rings is 1. The highest BCUT2D eigenvalue weighted by Crippen LogP contribution is 2.38. The molecule has 0 aliphatic rings. The van der Waals surface area contributed by atoms with Crippen LogP contribution in [0.5, 0.6) is 5.75 Å². The zero-order valence-corrected chi connectivity index (χ0v) is 19.5. The highest BCUT2D eigenvalue weighted by atomic mass is 35.5. The van der Waals surface area contributed by atoms with Crippen LogP contribution < -0.4 is 15.6 Å². The van der Waals surface area contributed by atoms with Crippen molar-refractivity contribution in [1.29, 1.82) is 0 Å². The number of rotatable bonds is 7. The van der Waals surface area contributed by atoms with Gasteiger partial charge in [-0.2, -0.15) is 0 Å². The predicted octanol–water partition coefficient (Wildman–Crippen LogP) is 2.37. The Labute approximate surface area is 203 Å². The Bertz CT molecular complexity index is 1500. The van der Waals surface area contributed by atoms with Crippen LogP contribution in [0.25, 0.3) is 34.2 Å². The van der Waals surface area contributed by atoms with Gasteiger partial charge >= 0.3 is 6.03 Å². The van der Waals surface area contributed by atoms with Gasteiger partial charge in [-0.05, 0) is 42.5 Å². The Hall–Kier alpha value is -3.98. The lowest BCUT2D eigenvalue weighted by Crippen LogP contribution is -2.32. The second-order valence-electron chi connectivity index (χ2n) is 7.14. The Morgan fingerprint density at radius 3 is 2.51 bits per heavy atom. The fourth-order valence-electron chi connectivity index (χ4n) is 3.18. The number of urea groups is 1. The maximum absolute atomic E-state index is 11.6. The van der Waals surface area contributed by atoms with E-state index in [4.69, 9.17) is 31.6 Å². The predicted molar refractivity (Wildman–Crippen MR) is 123 cm³/mol. The highest BCUT2D eigenvalue weighted by molar-refractivity contribution is 7.89. The van der Waals surface area contributed by atoms with E-state index >= 15 is 0 Å². The topological polar surface area (TPSA) is 204 Å². The first-order valence-corrected chi connectivity index (χ1v) is 11.6. The SMILES string of the molecule is COc1ccc(-c2nc(-c3[nH]nnc3CN(O)C(N)=O)oc2-c2ccc(S(N)(=O)=O)cc2)cc1Cl. The standard InChI is InChI=1S/C20H18ClN7O6S/c1-33-15-7-4-11(8-13(15)21)16-18(10-2-5-12(6-3-10)35(23,31)32)34-19(24-16)17-14(25-27-26-17)9-28(30)20(22)29/h2-8,30H,9H2,1H3,(H2,22,29)(H2,23,31,32)(H,25,26,27). The number of ether oxygens (including phenoxy) is 1. The highest BCUT2D eigenvalue weighted by Gasteiger charge is 2.24. The summed E-state index contributed by atoms with van der Waals surface area (Å²) in [6.45, 7) is -0.383. The van der Waals surface area contributed by atoms with E-state index in [1.165, 1.54) is 31.4 Å². The van der Waals surface area contributed by atoms with Crippen molar-refractivity contribution in [2.45, 2.75) is 11.4 Å². The van der Waals surface area contributed by atoms with E-state index in [2.05, 4.69) is 20.4 Å². The Morgan fingerprint density at radius 1 is 1.23 bits per heavy atom. The van der Waals surface area contributed by atoms with E-state index in [9.17, 15) is 18.4 Å². The second kappa shape index (κ2) is 9.34. The van der Waals surface area contributed by atoms with Crippen molar-refractivity contribution in [3.05, 3.63) is 53.2 Å². The number of carbonyl (C=O) groups is 1. The van der Waals surface area contributed by atoms with Crippen LogP contribution in [0.1, 0.15) is 5.69 Å². The molecule has 182 valence electrons. The first-order valence-electron chi connectivity index (χ1n) is 9.72. The molecule has 0 radical (unpaired) electrons. The number of H-pyrrole nitrogens is 1. The molecule has 0 aliphatic carbocycles. The summed E-state index contributed by atoms with van der Waals surface area (Å²) in [6.07, 6.45) is 0. The number of aromatic nitrogens is 4. The first-order chi connectivity index (χ1) is 16.6. The van der Waals surface area contributed by atoms with Crippen LogP contribution in [0, 0.1) is 0 Å². The lowest BCUT2D eigenvalue weighted by atomic mass is 10.1.